The van der Waals surface area contributed by atoms with Crippen LogP contribution in [0.2, 0.25) is 5.15 Å². The van der Waals surface area contributed by atoms with Crippen LogP contribution < -0.4 is 0 Å². The first kappa shape index (κ1) is 16.2. The topological polar surface area (TPSA) is 25.8 Å². The Bertz CT molecular complexity index is 454. The molecule has 0 aromatic carbocycles. The molecule has 0 N–H and O–H groups in total. The minimum Gasteiger partial charge on any atom is -0.236 e. The Balaban J connectivity index is 2.18. The zero-order valence-electron chi connectivity index (χ0n) is 12.6. The van der Waals surface area contributed by atoms with Crippen LogP contribution in [0.5, 0.6) is 0 Å². The Kier molecular flexibility index (Phi) is 5.85. The second kappa shape index (κ2) is 7.22. The van der Waals surface area contributed by atoms with E-state index in [4.69, 9.17) is 16.6 Å². The van der Waals surface area contributed by atoms with Crippen molar-refractivity contribution in [3.63, 3.8) is 0 Å². The molecule has 0 atom stereocenters. The van der Waals surface area contributed by atoms with E-state index in [1.807, 2.05) is 0 Å². The normalized spacial score (nSPS) is 23.3. The van der Waals surface area contributed by atoms with Crippen LogP contribution in [-0.4, -0.2) is 9.97 Å². The smallest absolute Gasteiger partial charge is 0.147 e. The van der Waals surface area contributed by atoms with Crippen LogP contribution in [-0.2, 0) is 6.42 Å². The van der Waals surface area contributed by atoms with E-state index in [0.717, 1.165) is 28.3 Å². The first-order valence-corrected chi connectivity index (χ1v) is 8.90. The summed E-state index contributed by atoms with van der Waals surface area (Å²) in [6.07, 6.45) is 7.26. The summed E-state index contributed by atoms with van der Waals surface area (Å²) < 4.78 is 0.874. The summed E-state index contributed by atoms with van der Waals surface area (Å²) in [7, 11) is 0. The second-order valence-electron chi connectivity index (χ2n) is 6.36. The number of rotatable bonds is 4. The van der Waals surface area contributed by atoms with Gasteiger partial charge in [0.1, 0.15) is 11.0 Å². The van der Waals surface area contributed by atoms with Gasteiger partial charge in [0.25, 0.3) is 0 Å². The van der Waals surface area contributed by atoms with Crippen molar-refractivity contribution in [1.82, 2.24) is 9.97 Å². The van der Waals surface area contributed by atoms with Gasteiger partial charge in [0.2, 0.25) is 0 Å². The van der Waals surface area contributed by atoms with Crippen LogP contribution in [0.3, 0.4) is 0 Å². The van der Waals surface area contributed by atoms with Gasteiger partial charge < -0.3 is 0 Å². The molecule has 1 aliphatic carbocycles. The van der Waals surface area contributed by atoms with Crippen LogP contribution in [0, 0.1) is 11.8 Å². The third kappa shape index (κ3) is 3.94. The molecule has 2 nitrogen and oxygen atoms in total. The quantitative estimate of drug-likeness (QED) is 0.637. The number of hydrogen-bond acceptors (Lipinski definition) is 2. The molecule has 1 aromatic heterocycles. The van der Waals surface area contributed by atoms with E-state index in [1.54, 1.807) is 0 Å². The summed E-state index contributed by atoms with van der Waals surface area (Å²) in [5, 5.41) is 0.572. The lowest BCUT2D eigenvalue weighted by Crippen LogP contribution is -2.16. The molecule has 0 spiro atoms. The van der Waals surface area contributed by atoms with Crippen LogP contribution >= 0.6 is 27.5 Å². The van der Waals surface area contributed by atoms with Gasteiger partial charge >= 0.3 is 0 Å². The van der Waals surface area contributed by atoms with Gasteiger partial charge in [-0.15, -0.1) is 0 Å². The molecule has 1 aromatic rings. The van der Waals surface area contributed by atoms with Gasteiger partial charge in [0.05, 0.1) is 10.2 Å². The van der Waals surface area contributed by atoms with Crippen molar-refractivity contribution >= 4 is 27.5 Å². The molecular weight excluding hydrogens is 336 g/mol. The highest BCUT2D eigenvalue weighted by Crippen LogP contribution is 2.37. The Labute approximate surface area is 135 Å². The molecule has 0 saturated heterocycles. The minimum atomic E-state index is 0.495. The first-order valence-electron chi connectivity index (χ1n) is 7.73. The fourth-order valence-corrected chi connectivity index (χ4v) is 3.55. The average molecular weight is 360 g/mol. The summed E-state index contributed by atoms with van der Waals surface area (Å²) in [5.74, 6) is 2.92. The van der Waals surface area contributed by atoms with E-state index >= 15 is 0 Å². The highest BCUT2D eigenvalue weighted by molar-refractivity contribution is 9.10. The zero-order valence-corrected chi connectivity index (χ0v) is 15.0. The van der Waals surface area contributed by atoms with Gasteiger partial charge in [-0.05, 0) is 59.9 Å². The van der Waals surface area contributed by atoms with E-state index in [9.17, 15) is 0 Å². The standard InChI is InChI=1S/C16H24BrClN2/c1-4-11-5-7-12(8-6-11)16-19-13(9-10(2)3)14(17)15(18)20-16/h10-12H,4-9H2,1-3H3. The Hall–Kier alpha value is -0.150. The van der Waals surface area contributed by atoms with E-state index in [1.165, 1.54) is 32.1 Å². The van der Waals surface area contributed by atoms with Gasteiger partial charge in [-0.3, -0.25) is 0 Å². The lowest BCUT2D eigenvalue weighted by molar-refractivity contribution is 0.311. The highest BCUT2D eigenvalue weighted by Gasteiger charge is 2.25. The van der Waals surface area contributed by atoms with Gasteiger partial charge in [-0.2, -0.15) is 0 Å². The Morgan fingerprint density at radius 1 is 1.20 bits per heavy atom. The maximum atomic E-state index is 6.28. The first-order chi connectivity index (χ1) is 9.51. The second-order valence-corrected chi connectivity index (χ2v) is 7.51. The van der Waals surface area contributed by atoms with Gasteiger partial charge in [0, 0.05) is 5.92 Å². The molecule has 1 heterocycles. The van der Waals surface area contributed by atoms with Gasteiger partial charge in [0.15, 0.2) is 0 Å². The molecular formula is C16H24BrClN2. The van der Waals surface area contributed by atoms with Crippen molar-refractivity contribution < 1.29 is 0 Å². The maximum absolute atomic E-state index is 6.28. The maximum Gasteiger partial charge on any atom is 0.147 e. The van der Waals surface area contributed by atoms with Crippen LogP contribution in [0.15, 0.2) is 4.47 Å². The van der Waals surface area contributed by atoms with E-state index in [0.29, 0.717) is 17.0 Å². The highest BCUT2D eigenvalue weighted by atomic mass is 79.9. The molecule has 0 amide bonds. The number of nitrogens with zero attached hydrogens (tertiary/aromatic N) is 2. The number of aromatic nitrogens is 2. The Morgan fingerprint density at radius 2 is 1.85 bits per heavy atom. The van der Waals surface area contributed by atoms with Crippen molar-refractivity contribution in [2.24, 2.45) is 11.8 Å². The predicted molar refractivity (Wildman–Crippen MR) is 88.3 cm³/mol. The molecule has 0 unspecified atom stereocenters. The SMILES string of the molecule is CCC1CCC(c2nc(Cl)c(Br)c(CC(C)C)n2)CC1. The van der Waals surface area contributed by atoms with Crippen LogP contribution in [0.4, 0.5) is 0 Å². The Morgan fingerprint density at radius 3 is 2.40 bits per heavy atom. The van der Waals surface area contributed by atoms with Crippen molar-refractivity contribution in [3.8, 4) is 0 Å². The molecule has 1 aliphatic rings. The van der Waals surface area contributed by atoms with Crippen molar-refractivity contribution in [2.75, 3.05) is 0 Å². The van der Waals surface area contributed by atoms with E-state index < -0.39 is 0 Å². The van der Waals surface area contributed by atoms with Gasteiger partial charge in [-0.1, -0.05) is 38.8 Å². The molecule has 0 bridgehead atoms. The monoisotopic (exact) mass is 358 g/mol. The summed E-state index contributed by atoms with van der Waals surface area (Å²) in [6, 6.07) is 0. The summed E-state index contributed by atoms with van der Waals surface area (Å²) >= 11 is 9.81. The van der Waals surface area contributed by atoms with E-state index in [2.05, 4.69) is 41.7 Å². The molecule has 0 aliphatic heterocycles. The lowest BCUT2D eigenvalue weighted by Gasteiger charge is -2.27. The zero-order chi connectivity index (χ0) is 14.7. The largest absolute Gasteiger partial charge is 0.236 e. The minimum absolute atomic E-state index is 0.495. The molecule has 2 rings (SSSR count). The summed E-state index contributed by atoms with van der Waals surface area (Å²) in [4.78, 5) is 9.33. The fourth-order valence-electron chi connectivity index (χ4n) is 3.01. The number of halogens is 2. The van der Waals surface area contributed by atoms with Crippen LogP contribution in [0.25, 0.3) is 0 Å². The predicted octanol–water partition coefficient (Wildman–Crippen LogP) is 5.77. The van der Waals surface area contributed by atoms with E-state index in [-0.39, 0.29) is 0 Å². The van der Waals surface area contributed by atoms with Crippen molar-refractivity contribution in [2.45, 2.75) is 65.2 Å². The molecule has 1 fully saturated rings. The molecule has 1 saturated carbocycles. The lowest BCUT2D eigenvalue weighted by atomic mass is 9.80. The molecule has 112 valence electrons. The van der Waals surface area contributed by atoms with Crippen molar-refractivity contribution in [3.05, 3.63) is 21.1 Å². The van der Waals surface area contributed by atoms with Gasteiger partial charge in [-0.25, -0.2) is 9.97 Å². The van der Waals surface area contributed by atoms with Crippen molar-refractivity contribution in [1.29, 1.82) is 0 Å². The third-order valence-electron chi connectivity index (χ3n) is 4.29. The summed E-state index contributed by atoms with van der Waals surface area (Å²) in [5.41, 5.74) is 1.06. The van der Waals surface area contributed by atoms with Crippen LogP contribution in [0.1, 0.15) is 70.3 Å². The molecule has 20 heavy (non-hydrogen) atoms. The fraction of sp³-hybridized carbons (Fsp3) is 0.750. The number of hydrogen-bond donors (Lipinski definition) is 0. The molecule has 4 heteroatoms. The third-order valence-corrected chi connectivity index (χ3v) is 5.62. The molecule has 0 radical (unpaired) electrons. The summed E-state index contributed by atoms with van der Waals surface area (Å²) in [6.45, 7) is 6.70. The average Bonchev–Trinajstić information content (AvgIpc) is 2.43.